The molecular weight excluding hydrogens is 282 g/mol. The van der Waals surface area contributed by atoms with E-state index < -0.39 is 0 Å². The molecule has 1 fully saturated rings. The van der Waals surface area contributed by atoms with E-state index in [0.717, 1.165) is 0 Å². The van der Waals surface area contributed by atoms with Gasteiger partial charge < -0.3 is 20.3 Å². The van der Waals surface area contributed by atoms with E-state index in [1.165, 1.54) is 0 Å². The topological polar surface area (TPSA) is 70.7 Å². The third-order valence-electron chi connectivity index (χ3n) is 2.85. The molecule has 0 unspecified atom stereocenters. The lowest BCUT2D eigenvalue weighted by Gasteiger charge is -2.26. The van der Waals surface area contributed by atoms with Gasteiger partial charge in [0.1, 0.15) is 6.61 Å². The molecule has 2 N–H and O–H groups in total. The quantitative estimate of drug-likeness (QED) is 0.880. The molecule has 0 atom stereocenters. The van der Waals surface area contributed by atoms with Crippen LogP contribution in [0.25, 0.3) is 0 Å². The van der Waals surface area contributed by atoms with Gasteiger partial charge in [-0.25, -0.2) is 4.79 Å². The molecule has 1 heterocycles. The summed E-state index contributed by atoms with van der Waals surface area (Å²) in [4.78, 5) is 24.8. The van der Waals surface area contributed by atoms with Crippen molar-refractivity contribution >= 4 is 29.2 Å². The number of rotatable bonds is 4. The maximum atomic E-state index is 11.6. The first kappa shape index (κ1) is 14.6. The highest BCUT2D eigenvalue weighted by Gasteiger charge is 2.17. The number of nitrogens with one attached hydrogen (secondary N) is 2. The van der Waals surface area contributed by atoms with E-state index in [4.69, 9.17) is 16.3 Å². The van der Waals surface area contributed by atoms with Crippen LogP contribution in [0.15, 0.2) is 24.3 Å². The maximum Gasteiger partial charge on any atom is 0.319 e. The van der Waals surface area contributed by atoms with Gasteiger partial charge in [-0.05, 0) is 24.3 Å². The number of hydrogen-bond donors (Lipinski definition) is 2. The number of ether oxygens (including phenoxy) is 1. The van der Waals surface area contributed by atoms with Crippen molar-refractivity contribution in [1.82, 2.24) is 10.2 Å². The van der Waals surface area contributed by atoms with Gasteiger partial charge in [-0.3, -0.25) is 4.79 Å². The van der Waals surface area contributed by atoms with Crippen molar-refractivity contribution < 1.29 is 14.3 Å². The Bertz CT molecular complexity index is 478. The fraction of sp³-hybridized carbons (Fsp3) is 0.385. The van der Waals surface area contributed by atoms with Gasteiger partial charge in [0.15, 0.2) is 0 Å². The Hall–Kier alpha value is -1.79. The lowest BCUT2D eigenvalue weighted by atomic mass is 10.3. The molecule has 0 bridgehead atoms. The number of amides is 3. The lowest BCUT2D eigenvalue weighted by Crippen LogP contribution is -2.45. The summed E-state index contributed by atoms with van der Waals surface area (Å²) in [6.45, 7) is 2.11. The largest absolute Gasteiger partial charge is 0.370 e. The Labute approximate surface area is 122 Å². The molecule has 0 radical (unpaired) electrons. The van der Waals surface area contributed by atoms with Crippen LogP contribution in [0.2, 0.25) is 5.02 Å². The minimum absolute atomic E-state index is 0.0452. The SMILES string of the molecule is O=C(NCCN1CCOCC1=O)Nc1ccc(Cl)cc1. The van der Waals surface area contributed by atoms with Crippen LogP contribution in [0.4, 0.5) is 10.5 Å². The average Bonchev–Trinajstić information content (AvgIpc) is 2.43. The smallest absolute Gasteiger partial charge is 0.319 e. The monoisotopic (exact) mass is 297 g/mol. The number of carbonyl (C=O) groups is 2. The van der Waals surface area contributed by atoms with E-state index in [1.807, 2.05) is 0 Å². The molecule has 108 valence electrons. The lowest BCUT2D eigenvalue weighted by molar-refractivity contribution is -0.142. The van der Waals surface area contributed by atoms with E-state index in [0.29, 0.717) is 37.0 Å². The molecular formula is C13H16ClN3O3. The molecule has 1 aromatic rings. The minimum Gasteiger partial charge on any atom is -0.370 e. The highest BCUT2D eigenvalue weighted by atomic mass is 35.5. The van der Waals surface area contributed by atoms with Crippen LogP contribution in [0, 0.1) is 0 Å². The molecule has 2 rings (SSSR count). The Morgan fingerprint density at radius 3 is 2.80 bits per heavy atom. The number of carbonyl (C=O) groups excluding carboxylic acids is 2. The number of benzene rings is 1. The van der Waals surface area contributed by atoms with E-state index in [-0.39, 0.29) is 18.5 Å². The Balaban J connectivity index is 1.69. The zero-order valence-corrected chi connectivity index (χ0v) is 11.7. The number of morpholine rings is 1. The van der Waals surface area contributed by atoms with Gasteiger partial charge >= 0.3 is 6.03 Å². The van der Waals surface area contributed by atoms with Crippen molar-refractivity contribution in [3.8, 4) is 0 Å². The predicted molar refractivity (Wildman–Crippen MR) is 75.9 cm³/mol. The van der Waals surface area contributed by atoms with Crippen LogP contribution in [0.5, 0.6) is 0 Å². The number of anilines is 1. The molecule has 0 aromatic heterocycles. The number of urea groups is 1. The van der Waals surface area contributed by atoms with Gasteiger partial charge in [-0.15, -0.1) is 0 Å². The van der Waals surface area contributed by atoms with Crippen LogP contribution in [0.1, 0.15) is 0 Å². The third kappa shape index (κ3) is 4.40. The van der Waals surface area contributed by atoms with Gasteiger partial charge in [-0.1, -0.05) is 11.6 Å². The average molecular weight is 298 g/mol. The first-order valence-electron chi connectivity index (χ1n) is 6.31. The Morgan fingerprint density at radius 2 is 2.10 bits per heavy atom. The number of halogens is 1. The van der Waals surface area contributed by atoms with Gasteiger partial charge in [-0.2, -0.15) is 0 Å². The number of hydrogen-bond acceptors (Lipinski definition) is 3. The van der Waals surface area contributed by atoms with Crippen molar-refractivity contribution in [3.63, 3.8) is 0 Å². The fourth-order valence-electron chi connectivity index (χ4n) is 1.80. The first-order valence-corrected chi connectivity index (χ1v) is 6.69. The molecule has 0 saturated carbocycles. The van der Waals surface area contributed by atoms with Gasteiger partial charge in [0.25, 0.3) is 0 Å². The summed E-state index contributed by atoms with van der Waals surface area (Å²) in [6.07, 6.45) is 0. The van der Waals surface area contributed by atoms with Crippen LogP contribution >= 0.6 is 11.6 Å². The normalized spacial score (nSPS) is 15.1. The van der Waals surface area contributed by atoms with Crippen LogP contribution < -0.4 is 10.6 Å². The Kier molecular flexibility index (Phi) is 5.20. The van der Waals surface area contributed by atoms with Crippen molar-refractivity contribution in [1.29, 1.82) is 0 Å². The summed E-state index contributed by atoms with van der Waals surface area (Å²) >= 11 is 5.76. The van der Waals surface area contributed by atoms with Gasteiger partial charge in [0.2, 0.25) is 5.91 Å². The van der Waals surface area contributed by atoms with E-state index in [9.17, 15) is 9.59 Å². The van der Waals surface area contributed by atoms with E-state index >= 15 is 0 Å². The first-order chi connectivity index (χ1) is 9.65. The van der Waals surface area contributed by atoms with Gasteiger partial charge in [0.05, 0.1) is 6.61 Å². The minimum atomic E-state index is -0.312. The van der Waals surface area contributed by atoms with Crippen LogP contribution in [0.3, 0.4) is 0 Å². The fourth-order valence-corrected chi connectivity index (χ4v) is 1.93. The molecule has 0 spiro atoms. The summed E-state index contributed by atoms with van der Waals surface area (Å²) in [5.41, 5.74) is 0.661. The van der Waals surface area contributed by atoms with Gasteiger partial charge in [0, 0.05) is 30.3 Å². The molecule has 1 saturated heterocycles. The zero-order chi connectivity index (χ0) is 14.4. The van der Waals surface area contributed by atoms with Crippen LogP contribution in [-0.4, -0.2) is 49.7 Å². The molecule has 1 aromatic carbocycles. The summed E-state index contributed by atoms with van der Waals surface area (Å²) in [5.74, 6) is -0.0452. The van der Waals surface area contributed by atoms with Crippen molar-refractivity contribution in [2.45, 2.75) is 0 Å². The second-order valence-electron chi connectivity index (χ2n) is 4.32. The molecule has 3 amide bonds. The summed E-state index contributed by atoms with van der Waals surface area (Å²) in [5, 5.41) is 5.99. The van der Waals surface area contributed by atoms with Crippen molar-refractivity contribution in [2.24, 2.45) is 0 Å². The molecule has 0 aliphatic carbocycles. The second kappa shape index (κ2) is 7.12. The summed E-state index contributed by atoms with van der Waals surface area (Å²) in [6, 6.07) is 6.52. The third-order valence-corrected chi connectivity index (χ3v) is 3.11. The molecule has 7 heteroatoms. The van der Waals surface area contributed by atoms with E-state index in [2.05, 4.69) is 10.6 Å². The standard InChI is InChI=1S/C13H16ClN3O3/c14-10-1-3-11(4-2-10)16-13(19)15-5-6-17-7-8-20-9-12(17)18/h1-4H,5-9H2,(H2,15,16,19). The molecule has 1 aliphatic heterocycles. The molecule has 20 heavy (non-hydrogen) atoms. The van der Waals surface area contributed by atoms with E-state index in [1.54, 1.807) is 29.2 Å². The summed E-state index contributed by atoms with van der Waals surface area (Å²) in [7, 11) is 0. The Morgan fingerprint density at radius 1 is 1.35 bits per heavy atom. The maximum absolute atomic E-state index is 11.6. The highest BCUT2D eigenvalue weighted by Crippen LogP contribution is 2.12. The zero-order valence-electron chi connectivity index (χ0n) is 10.9. The molecule has 6 nitrogen and oxygen atoms in total. The second-order valence-corrected chi connectivity index (χ2v) is 4.76. The van der Waals surface area contributed by atoms with Crippen LogP contribution in [-0.2, 0) is 9.53 Å². The summed E-state index contributed by atoms with van der Waals surface area (Å²) < 4.78 is 5.03. The predicted octanol–water partition coefficient (Wildman–Crippen LogP) is 1.32. The number of nitrogens with zero attached hydrogens (tertiary/aromatic N) is 1. The van der Waals surface area contributed by atoms with Crippen molar-refractivity contribution in [2.75, 3.05) is 38.2 Å². The van der Waals surface area contributed by atoms with Crippen molar-refractivity contribution in [3.05, 3.63) is 29.3 Å². The highest BCUT2D eigenvalue weighted by molar-refractivity contribution is 6.30. The molecule has 1 aliphatic rings.